The van der Waals surface area contributed by atoms with E-state index in [0.29, 0.717) is 25.5 Å². The van der Waals surface area contributed by atoms with E-state index < -0.39 is 5.91 Å². The number of aromatic amines is 1. The molecule has 1 aliphatic heterocycles. The molecule has 1 aliphatic rings. The second-order valence-corrected chi connectivity index (χ2v) is 6.34. The van der Waals surface area contributed by atoms with Crippen molar-refractivity contribution in [1.29, 1.82) is 0 Å². The molecule has 1 atom stereocenters. The maximum absolute atomic E-state index is 12.6. The summed E-state index contributed by atoms with van der Waals surface area (Å²) >= 11 is 0. The first-order valence-corrected chi connectivity index (χ1v) is 8.55. The largest absolute Gasteiger partial charge is 0.484 e. The van der Waals surface area contributed by atoms with Crippen LogP contribution in [0.2, 0.25) is 0 Å². The normalized spacial score (nSPS) is 14.0. The van der Waals surface area contributed by atoms with Gasteiger partial charge in [0, 0.05) is 19.7 Å². The minimum atomic E-state index is -0.644. The van der Waals surface area contributed by atoms with Crippen LogP contribution in [-0.2, 0) is 18.0 Å². The summed E-state index contributed by atoms with van der Waals surface area (Å²) in [6.45, 7) is 5.44. The van der Waals surface area contributed by atoms with Gasteiger partial charge in [0.25, 0.3) is 11.8 Å². The number of rotatable bonds is 6. The van der Waals surface area contributed by atoms with Crippen molar-refractivity contribution in [3.63, 3.8) is 0 Å². The number of benzene rings is 1. The summed E-state index contributed by atoms with van der Waals surface area (Å²) in [4.78, 5) is 28.4. The third-order valence-electron chi connectivity index (χ3n) is 4.64. The number of nitrogens with two attached hydrogens (primary N) is 1. The molecule has 0 radical (unpaired) electrons. The monoisotopic (exact) mass is 357 g/mol. The molecular weight excluding hydrogens is 334 g/mol. The van der Waals surface area contributed by atoms with Gasteiger partial charge in [-0.05, 0) is 30.5 Å². The van der Waals surface area contributed by atoms with E-state index in [4.69, 9.17) is 15.2 Å². The Morgan fingerprint density at radius 3 is 2.85 bits per heavy atom. The van der Waals surface area contributed by atoms with Crippen molar-refractivity contribution >= 4 is 11.8 Å². The minimum Gasteiger partial charge on any atom is -0.484 e. The number of hydrogen-bond acceptors (Lipinski definition) is 4. The van der Waals surface area contributed by atoms with Crippen LogP contribution in [0, 0.1) is 0 Å². The number of amides is 2. The van der Waals surface area contributed by atoms with Crippen LogP contribution in [0.1, 0.15) is 57.6 Å². The van der Waals surface area contributed by atoms with E-state index in [-0.39, 0.29) is 23.4 Å². The Labute approximate surface area is 152 Å². The molecule has 0 saturated heterocycles. The van der Waals surface area contributed by atoms with E-state index in [0.717, 1.165) is 16.7 Å². The van der Waals surface area contributed by atoms with Crippen LogP contribution >= 0.6 is 0 Å². The van der Waals surface area contributed by atoms with Gasteiger partial charge in [0.1, 0.15) is 17.5 Å². The number of carbonyl (C=O) groups excluding carboxylic acids is 2. The Hall–Kier alpha value is -2.80. The molecule has 3 rings (SSSR count). The van der Waals surface area contributed by atoms with Crippen molar-refractivity contribution in [2.75, 3.05) is 13.6 Å². The number of hydrogen-bond donors (Lipinski definition) is 2. The van der Waals surface area contributed by atoms with Crippen molar-refractivity contribution in [1.82, 2.24) is 9.88 Å². The number of fused-ring (bicyclic) bond motifs is 1. The average molecular weight is 357 g/mol. The quantitative estimate of drug-likeness (QED) is 0.829. The van der Waals surface area contributed by atoms with Gasteiger partial charge in [0.2, 0.25) is 0 Å². The number of nitrogens with zero attached hydrogens (tertiary/aromatic N) is 1. The van der Waals surface area contributed by atoms with Gasteiger partial charge in [-0.3, -0.25) is 9.59 Å². The molecule has 2 amide bonds. The highest BCUT2D eigenvalue weighted by atomic mass is 16.5. The summed E-state index contributed by atoms with van der Waals surface area (Å²) in [6, 6.07) is 7.46. The Bertz CT molecular complexity index is 843. The zero-order chi connectivity index (χ0) is 18.8. The summed E-state index contributed by atoms with van der Waals surface area (Å²) in [7, 11) is 1.68. The van der Waals surface area contributed by atoms with E-state index in [2.05, 4.69) is 4.98 Å². The SMILES string of the molecule is CCN(C)C(=O)c1[nH]c(C(N)=O)cc1OC(C)c1cccc2c1COC2. The van der Waals surface area contributed by atoms with Crippen molar-refractivity contribution < 1.29 is 19.1 Å². The molecule has 7 nitrogen and oxygen atoms in total. The first-order valence-electron chi connectivity index (χ1n) is 8.55. The first kappa shape index (κ1) is 18.0. The molecule has 7 heteroatoms. The molecule has 2 heterocycles. The predicted molar refractivity (Wildman–Crippen MR) is 95.9 cm³/mol. The van der Waals surface area contributed by atoms with E-state index in [9.17, 15) is 9.59 Å². The summed E-state index contributed by atoms with van der Waals surface area (Å²) in [5.41, 5.74) is 8.98. The lowest BCUT2D eigenvalue weighted by molar-refractivity contribution is 0.0790. The molecule has 0 bridgehead atoms. The van der Waals surface area contributed by atoms with Crippen LogP contribution in [0.4, 0.5) is 0 Å². The van der Waals surface area contributed by atoms with Crippen LogP contribution in [-0.4, -0.2) is 35.3 Å². The molecule has 0 saturated carbocycles. The minimum absolute atomic E-state index is 0.140. The van der Waals surface area contributed by atoms with Gasteiger partial charge in [-0.15, -0.1) is 0 Å². The Balaban J connectivity index is 1.93. The first-order chi connectivity index (χ1) is 12.4. The van der Waals surface area contributed by atoms with Gasteiger partial charge in [-0.2, -0.15) is 0 Å². The van der Waals surface area contributed by atoms with Crippen LogP contribution < -0.4 is 10.5 Å². The molecule has 0 aliphatic carbocycles. The fraction of sp³-hybridized carbons (Fsp3) is 0.368. The molecule has 2 aromatic rings. The van der Waals surface area contributed by atoms with E-state index in [1.165, 1.54) is 11.0 Å². The highest BCUT2D eigenvalue weighted by Gasteiger charge is 2.25. The molecule has 3 N–H and O–H groups in total. The lowest BCUT2D eigenvalue weighted by atomic mass is 10.00. The fourth-order valence-electron chi connectivity index (χ4n) is 3.02. The summed E-state index contributed by atoms with van der Waals surface area (Å²) < 4.78 is 11.6. The number of ether oxygens (including phenoxy) is 2. The molecule has 0 fully saturated rings. The van der Waals surface area contributed by atoms with Gasteiger partial charge < -0.3 is 25.1 Å². The average Bonchev–Trinajstić information content (AvgIpc) is 3.26. The number of H-pyrrole nitrogens is 1. The Morgan fingerprint density at radius 2 is 2.15 bits per heavy atom. The second kappa shape index (κ2) is 7.21. The summed E-state index contributed by atoms with van der Waals surface area (Å²) in [6.07, 6.45) is -0.318. The van der Waals surface area contributed by atoms with Crippen molar-refractivity contribution in [3.8, 4) is 5.75 Å². The molecule has 1 unspecified atom stereocenters. The topological polar surface area (TPSA) is 97.7 Å². The van der Waals surface area contributed by atoms with Crippen LogP contribution in [0.3, 0.4) is 0 Å². The van der Waals surface area contributed by atoms with E-state index in [1.54, 1.807) is 7.05 Å². The third kappa shape index (κ3) is 3.30. The maximum Gasteiger partial charge on any atom is 0.273 e. The predicted octanol–water partition coefficient (Wildman–Crippen LogP) is 2.38. The molecule has 138 valence electrons. The molecular formula is C19H23N3O4. The summed E-state index contributed by atoms with van der Waals surface area (Å²) in [5, 5.41) is 0. The lowest BCUT2D eigenvalue weighted by Gasteiger charge is -2.19. The van der Waals surface area contributed by atoms with Gasteiger partial charge in [0.05, 0.1) is 13.2 Å². The van der Waals surface area contributed by atoms with Crippen LogP contribution in [0.25, 0.3) is 0 Å². The maximum atomic E-state index is 12.6. The van der Waals surface area contributed by atoms with Gasteiger partial charge in [-0.1, -0.05) is 18.2 Å². The number of carbonyl (C=O) groups is 2. The number of aromatic nitrogens is 1. The second-order valence-electron chi connectivity index (χ2n) is 6.34. The highest BCUT2D eigenvalue weighted by molar-refractivity contribution is 5.99. The highest BCUT2D eigenvalue weighted by Crippen LogP contribution is 2.32. The van der Waals surface area contributed by atoms with E-state index >= 15 is 0 Å². The van der Waals surface area contributed by atoms with Crippen LogP contribution in [0.5, 0.6) is 5.75 Å². The van der Waals surface area contributed by atoms with Crippen LogP contribution in [0.15, 0.2) is 24.3 Å². The number of nitrogens with one attached hydrogen (secondary N) is 1. The fourth-order valence-corrected chi connectivity index (χ4v) is 3.02. The van der Waals surface area contributed by atoms with Crippen molar-refractivity contribution in [2.45, 2.75) is 33.2 Å². The molecule has 1 aromatic heterocycles. The summed E-state index contributed by atoms with van der Waals surface area (Å²) in [5.74, 6) is -0.591. The zero-order valence-electron chi connectivity index (χ0n) is 15.2. The Kier molecular flexibility index (Phi) is 4.99. The van der Waals surface area contributed by atoms with Gasteiger partial charge in [-0.25, -0.2) is 0 Å². The van der Waals surface area contributed by atoms with Crippen molar-refractivity contribution in [3.05, 3.63) is 52.3 Å². The molecule has 26 heavy (non-hydrogen) atoms. The zero-order valence-corrected chi connectivity index (χ0v) is 15.2. The number of primary amides is 1. The smallest absolute Gasteiger partial charge is 0.273 e. The van der Waals surface area contributed by atoms with Crippen molar-refractivity contribution in [2.24, 2.45) is 5.73 Å². The molecule has 1 aromatic carbocycles. The lowest BCUT2D eigenvalue weighted by Crippen LogP contribution is -2.27. The van der Waals surface area contributed by atoms with Gasteiger partial charge in [0.15, 0.2) is 5.75 Å². The standard InChI is InChI=1S/C19H23N3O4/c1-4-22(3)19(24)17-16(8-15(21-17)18(20)23)26-11(2)13-7-5-6-12-9-25-10-14(12)13/h5-8,11,21H,4,9-10H2,1-3H3,(H2,20,23). The van der Waals surface area contributed by atoms with E-state index in [1.807, 2.05) is 32.0 Å². The Morgan fingerprint density at radius 1 is 1.38 bits per heavy atom. The van der Waals surface area contributed by atoms with Gasteiger partial charge >= 0.3 is 0 Å². The molecule has 0 spiro atoms. The third-order valence-corrected chi connectivity index (χ3v) is 4.64.